The first-order valence-corrected chi connectivity index (χ1v) is 5.49. The molecule has 3 rings (SSSR count). The molecule has 16 heavy (non-hydrogen) atoms. The molecule has 0 N–H and O–H groups in total. The van der Waals surface area contributed by atoms with Gasteiger partial charge in [0, 0.05) is 18.9 Å². The number of hydrogen-bond donors (Lipinski definition) is 0. The fraction of sp³-hybridized carbons (Fsp3) is 0.333. The summed E-state index contributed by atoms with van der Waals surface area (Å²) in [7, 11) is 0. The van der Waals surface area contributed by atoms with Crippen LogP contribution in [0.4, 0.5) is 0 Å². The number of nitrogens with zero attached hydrogens (tertiary/aromatic N) is 2. The minimum absolute atomic E-state index is 0.748. The van der Waals surface area contributed by atoms with Crippen LogP contribution in [0.2, 0.25) is 0 Å². The van der Waals surface area contributed by atoms with E-state index >= 15 is 0 Å². The molecule has 0 saturated carbocycles. The van der Waals surface area contributed by atoms with E-state index in [1.165, 1.54) is 0 Å². The van der Waals surface area contributed by atoms with Gasteiger partial charge in [0.1, 0.15) is 11.0 Å². The molecule has 0 radical (unpaired) electrons. The molecule has 0 aliphatic rings. The number of oxazole rings is 2. The maximum atomic E-state index is 5.57. The van der Waals surface area contributed by atoms with Gasteiger partial charge in [-0.15, -0.1) is 0 Å². The molecule has 0 saturated heterocycles. The van der Waals surface area contributed by atoms with Crippen LogP contribution in [0.1, 0.15) is 25.6 Å². The average molecular weight is 216 g/mol. The lowest BCUT2D eigenvalue weighted by molar-refractivity contribution is 0.530. The fourth-order valence-corrected chi connectivity index (χ4v) is 1.75. The van der Waals surface area contributed by atoms with Gasteiger partial charge in [-0.3, -0.25) is 0 Å². The van der Waals surface area contributed by atoms with E-state index in [1.54, 1.807) is 0 Å². The highest BCUT2D eigenvalue weighted by molar-refractivity contribution is 5.89. The van der Waals surface area contributed by atoms with Crippen LogP contribution in [0, 0.1) is 0 Å². The molecule has 4 heteroatoms. The summed E-state index contributed by atoms with van der Waals surface area (Å²) in [5.74, 6) is 1.50. The molecule has 4 nitrogen and oxygen atoms in total. The highest BCUT2D eigenvalue weighted by Gasteiger charge is 2.10. The van der Waals surface area contributed by atoms with Gasteiger partial charge < -0.3 is 8.83 Å². The van der Waals surface area contributed by atoms with E-state index in [-0.39, 0.29) is 0 Å². The Balaban J connectivity index is 2.28. The third-order valence-electron chi connectivity index (χ3n) is 2.59. The van der Waals surface area contributed by atoms with Crippen LogP contribution >= 0.6 is 0 Å². The van der Waals surface area contributed by atoms with Crippen LogP contribution in [0.5, 0.6) is 0 Å². The number of aryl methyl sites for hydroxylation is 2. The second-order valence-electron chi connectivity index (χ2n) is 3.71. The van der Waals surface area contributed by atoms with Crippen molar-refractivity contribution in [3.8, 4) is 0 Å². The zero-order valence-corrected chi connectivity index (χ0v) is 9.28. The van der Waals surface area contributed by atoms with Gasteiger partial charge in [0.25, 0.3) is 0 Å². The van der Waals surface area contributed by atoms with Crippen molar-refractivity contribution in [3.63, 3.8) is 0 Å². The van der Waals surface area contributed by atoms with Gasteiger partial charge in [-0.05, 0) is 6.07 Å². The second-order valence-corrected chi connectivity index (χ2v) is 3.71. The molecule has 0 amide bonds. The summed E-state index contributed by atoms with van der Waals surface area (Å²) in [6.45, 7) is 4.03. The molecule has 0 bridgehead atoms. The molecule has 0 aliphatic heterocycles. The predicted octanol–water partition coefficient (Wildman–Crippen LogP) is 3.09. The number of rotatable bonds is 2. The molecule has 82 valence electrons. The number of fused-ring (bicyclic) bond motifs is 2. The minimum Gasteiger partial charge on any atom is -0.441 e. The van der Waals surface area contributed by atoms with Crippen molar-refractivity contribution in [3.05, 3.63) is 23.9 Å². The van der Waals surface area contributed by atoms with E-state index in [4.69, 9.17) is 8.83 Å². The van der Waals surface area contributed by atoms with Gasteiger partial charge in [0.2, 0.25) is 0 Å². The molecule has 0 spiro atoms. The zero-order chi connectivity index (χ0) is 11.1. The Bertz CT molecular complexity index is 547. The molecular weight excluding hydrogens is 204 g/mol. The maximum Gasteiger partial charge on any atom is 0.195 e. The van der Waals surface area contributed by atoms with Gasteiger partial charge in [0.05, 0.1) is 0 Å². The molecular formula is C12H12N2O2. The number of hydrogen-bond acceptors (Lipinski definition) is 4. The monoisotopic (exact) mass is 216 g/mol. The summed E-state index contributed by atoms with van der Waals surface area (Å²) in [4.78, 5) is 8.74. The lowest BCUT2D eigenvalue weighted by Gasteiger charge is -1.85. The number of aromatic nitrogens is 2. The predicted molar refractivity (Wildman–Crippen MR) is 60.3 cm³/mol. The average Bonchev–Trinajstić information content (AvgIpc) is 2.86. The lowest BCUT2D eigenvalue weighted by atomic mass is 10.3. The van der Waals surface area contributed by atoms with Crippen molar-refractivity contribution >= 4 is 22.2 Å². The highest BCUT2D eigenvalue weighted by Crippen LogP contribution is 2.24. The lowest BCUT2D eigenvalue weighted by Crippen LogP contribution is -1.76. The number of benzene rings is 1. The first kappa shape index (κ1) is 9.39. The standard InChI is InChI=1S/C12H12N2O2/c1-3-11-13-7-5-8-10(6-9(7)15-11)16-12(4-2)14-8/h5-6H,3-4H2,1-2H3. The Kier molecular flexibility index (Phi) is 1.96. The van der Waals surface area contributed by atoms with Crippen molar-refractivity contribution in [1.29, 1.82) is 0 Å². The second kappa shape index (κ2) is 3.33. The highest BCUT2D eigenvalue weighted by atomic mass is 16.4. The van der Waals surface area contributed by atoms with Crippen molar-refractivity contribution in [2.75, 3.05) is 0 Å². The minimum atomic E-state index is 0.748. The van der Waals surface area contributed by atoms with Gasteiger partial charge in [-0.25, -0.2) is 9.97 Å². The van der Waals surface area contributed by atoms with E-state index in [1.807, 2.05) is 26.0 Å². The Morgan fingerprint density at radius 3 is 1.81 bits per heavy atom. The van der Waals surface area contributed by atoms with Gasteiger partial charge in [-0.1, -0.05) is 13.8 Å². The van der Waals surface area contributed by atoms with E-state index < -0.39 is 0 Å². The largest absolute Gasteiger partial charge is 0.441 e. The Morgan fingerprint density at radius 1 is 0.875 bits per heavy atom. The van der Waals surface area contributed by atoms with E-state index in [0.717, 1.165) is 46.8 Å². The molecule has 0 fully saturated rings. The smallest absolute Gasteiger partial charge is 0.195 e. The van der Waals surface area contributed by atoms with Crippen LogP contribution < -0.4 is 0 Å². The summed E-state index contributed by atoms with van der Waals surface area (Å²) < 4.78 is 11.1. The molecule has 3 aromatic rings. The summed E-state index contributed by atoms with van der Waals surface area (Å²) in [5, 5.41) is 0. The molecule has 2 heterocycles. The first-order chi connectivity index (χ1) is 7.80. The third kappa shape index (κ3) is 1.30. The normalized spacial score (nSPS) is 11.6. The van der Waals surface area contributed by atoms with Gasteiger partial charge in [-0.2, -0.15) is 0 Å². The maximum absolute atomic E-state index is 5.57. The topological polar surface area (TPSA) is 52.1 Å². The van der Waals surface area contributed by atoms with Crippen molar-refractivity contribution in [2.24, 2.45) is 0 Å². The zero-order valence-electron chi connectivity index (χ0n) is 9.28. The van der Waals surface area contributed by atoms with Crippen LogP contribution in [0.3, 0.4) is 0 Å². The van der Waals surface area contributed by atoms with Crippen LogP contribution in [0.15, 0.2) is 21.0 Å². The molecule has 0 unspecified atom stereocenters. The first-order valence-electron chi connectivity index (χ1n) is 5.49. The molecule has 2 aromatic heterocycles. The van der Waals surface area contributed by atoms with E-state index in [0.29, 0.717) is 0 Å². The summed E-state index contributed by atoms with van der Waals surface area (Å²) in [5.41, 5.74) is 3.23. The molecule has 0 atom stereocenters. The summed E-state index contributed by atoms with van der Waals surface area (Å²) in [6, 6.07) is 3.78. The van der Waals surface area contributed by atoms with Gasteiger partial charge >= 0.3 is 0 Å². The van der Waals surface area contributed by atoms with Crippen molar-refractivity contribution < 1.29 is 8.83 Å². The van der Waals surface area contributed by atoms with Crippen LogP contribution in [-0.2, 0) is 12.8 Å². The SMILES string of the molecule is CCc1nc2cc3nc(CC)oc3cc2o1. The van der Waals surface area contributed by atoms with Crippen LogP contribution in [-0.4, -0.2) is 9.97 Å². The Labute approximate surface area is 92.3 Å². The summed E-state index contributed by atoms with van der Waals surface area (Å²) in [6.07, 6.45) is 1.59. The van der Waals surface area contributed by atoms with Gasteiger partial charge in [0.15, 0.2) is 22.9 Å². The van der Waals surface area contributed by atoms with Crippen molar-refractivity contribution in [1.82, 2.24) is 9.97 Å². The third-order valence-corrected chi connectivity index (χ3v) is 2.59. The molecule has 1 aromatic carbocycles. The molecule has 0 aliphatic carbocycles. The van der Waals surface area contributed by atoms with Crippen molar-refractivity contribution in [2.45, 2.75) is 26.7 Å². The Morgan fingerprint density at radius 2 is 1.38 bits per heavy atom. The Hall–Kier alpha value is -1.84. The quantitative estimate of drug-likeness (QED) is 0.660. The van der Waals surface area contributed by atoms with E-state index in [2.05, 4.69) is 9.97 Å². The van der Waals surface area contributed by atoms with E-state index in [9.17, 15) is 0 Å². The fourth-order valence-electron chi connectivity index (χ4n) is 1.75. The van der Waals surface area contributed by atoms with Crippen LogP contribution in [0.25, 0.3) is 22.2 Å². The summed E-state index contributed by atoms with van der Waals surface area (Å²) >= 11 is 0.